The number of rotatable bonds is 7. The number of likely N-dealkylation sites (tertiary alicyclic amines) is 1. The molecule has 4 nitrogen and oxygen atoms in total. The Kier molecular flexibility index (Phi) is 4.74. The Morgan fingerprint density at radius 1 is 1.08 bits per heavy atom. The Morgan fingerprint density at radius 3 is 2.50 bits per heavy atom. The highest BCUT2D eigenvalue weighted by Crippen LogP contribution is 2.57. The number of carbonyl (C=O) groups is 1. The molecule has 0 spiro atoms. The van der Waals surface area contributed by atoms with E-state index in [4.69, 9.17) is 4.74 Å². The molecule has 130 valence electrons. The zero-order valence-corrected chi connectivity index (χ0v) is 14.4. The summed E-state index contributed by atoms with van der Waals surface area (Å²) >= 11 is 0. The molecule has 0 bridgehead atoms. The second-order valence-corrected chi connectivity index (χ2v) is 7.54. The van der Waals surface area contributed by atoms with Crippen molar-refractivity contribution < 1.29 is 9.53 Å². The number of nitrogens with one attached hydrogen (secondary N) is 1. The van der Waals surface area contributed by atoms with E-state index in [1.54, 1.807) is 0 Å². The summed E-state index contributed by atoms with van der Waals surface area (Å²) in [6.07, 6.45) is 6.47. The second kappa shape index (κ2) is 7.14. The van der Waals surface area contributed by atoms with Gasteiger partial charge in [0.25, 0.3) is 0 Å². The van der Waals surface area contributed by atoms with Gasteiger partial charge in [-0.1, -0.05) is 18.6 Å². The van der Waals surface area contributed by atoms with E-state index in [0.717, 1.165) is 24.5 Å². The third kappa shape index (κ3) is 3.59. The molecule has 1 aromatic rings. The lowest BCUT2D eigenvalue weighted by atomic mass is 10.1. The molecule has 1 N–H and O–H groups in total. The molecule has 0 unspecified atom stereocenters. The van der Waals surface area contributed by atoms with Crippen molar-refractivity contribution in [2.45, 2.75) is 38.6 Å². The fraction of sp³-hybridized carbons (Fsp3) is 0.650. The van der Waals surface area contributed by atoms with E-state index in [0.29, 0.717) is 24.3 Å². The number of ether oxygens (including phenoxy) is 1. The molecule has 1 heterocycles. The van der Waals surface area contributed by atoms with Gasteiger partial charge < -0.3 is 10.1 Å². The van der Waals surface area contributed by atoms with Crippen molar-refractivity contribution in [3.63, 3.8) is 0 Å². The molecule has 1 saturated heterocycles. The molecule has 3 fully saturated rings. The normalized spacial score (nSPS) is 28.6. The molecular formula is C20H28N2O2. The van der Waals surface area contributed by atoms with Gasteiger partial charge in [-0.25, -0.2) is 0 Å². The quantitative estimate of drug-likeness (QED) is 0.837. The highest BCUT2D eigenvalue weighted by molar-refractivity contribution is 5.82. The molecule has 0 radical (unpaired) electrons. The Hall–Kier alpha value is -1.55. The first kappa shape index (κ1) is 15.9. The number of hydrogen-bond acceptors (Lipinski definition) is 3. The predicted molar refractivity (Wildman–Crippen MR) is 93.8 cm³/mol. The van der Waals surface area contributed by atoms with Crippen LogP contribution in [0.25, 0.3) is 0 Å². The number of carbonyl (C=O) groups excluding carboxylic acids is 1. The molecule has 4 rings (SSSR count). The summed E-state index contributed by atoms with van der Waals surface area (Å²) in [4.78, 5) is 14.6. The average molecular weight is 328 g/mol. The van der Waals surface area contributed by atoms with E-state index in [-0.39, 0.29) is 5.91 Å². The average Bonchev–Trinajstić information content (AvgIpc) is 3.01. The van der Waals surface area contributed by atoms with Crippen molar-refractivity contribution in [2.24, 2.45) is 17.8 Å². The Labute approximate surface area is 144 Å². The van der Waals surface area contributed by atoms with Crippen molar-refractivity contribution >= 4 is 5.91 Å². The largest absolute Gasteiger partial charge is 0.492 e. The topological polar surface area (TPSA) is 41.6 Å². The van der Waals surface area contributed by atoms with Gasteiger partial charge in [0, 0.05) is 19.0 Å². The van der Waals surface area contributed by atoms with Crippen LogP contribution in [0.15, 0.2) is 24.3 Å². The lowest BCUT2D eigenvalue weighted by Crippen LogP contribution is -2.26. The number of benzene rings is 1. The minimum atomic E-state index is 0.260. The maximum absolute atomic E-state index is 12.2. The van der Waals surface area contributed by atoms with Gasteiger partial charge in [0.15, 0.2) is 0 Å². The second-order valence-electron chi connectivity index (χ2n) is 7.54. The van der Waals surface area contributed by atoms with Crippen LogP contribution in [0.2, 0.25) is 0 Å². The lowest BCUT2D eigenvalue weighted by molar-refractivity contribution is -0.123. The molecule has 1 aromatic carbocycles. The monoisotopic (exact) mass is 328 g/mol. The fourth-order valence-corrected chi connectivity index (χ4v) is 4.52. The summed E-state index contributed by atoms with van der Waals surface area (Å²) in [5.41, 5.74) is 1.14. The highest BCUT2D eigenvalue weighted by atomic mass is 16.5. The summed E-state index contributed by atoms with van der Waals surface area (Å²) in [6, 6.07) is 8.13. The molecule has 3 aliphatic rings. The smallest absolute Gasteiger partial charge is 0.223 e. The summed E-state index contributed by atoms with van der Waals surface area (Å²) in [5, 5.41) is 3.10. The molecule has 2 aliphatic carbocycles. The van der Waals surface area contributed by atoms with E-state index in [9.17, 15) is 4.79 Å². The SMILES string of the molecule is O=C(NCc1ccc(OCCN2CCCC2)cc1)C1[C@@H]2CCC[C@@H]12. The molecule has 2 saturated carbocycles. The summed E-state index contributed by atoms with van der Waals surface area (Å²) in [6.45, 7) is 4.82. The van der Waals surface area contributed by atoms with Crippen LogP contribution in [0.3, 0.4) is 0 Å². The third-order valence-corrected chi connectivity index (χ3v) is 5.97. The highest BCUT2D eigenvalue weighted by Gasteiger charge is 2.56. The molecule has 4 heteroatoms. The minimum Gasteiger partial charge on any atom is -0.492 e. The summed E-state index contributed by atoms with van der Waals surface area (Å²) in [7, 11) is 0. The van der Waals surface area contributed by atoms with E-state index < -0.39 is 0 Å². The minimum absolute atomic E-state index is 0.260. The molecule has 1 amide bonds. The van der Waals surface area contributed by atoms with Crippen molar-refractivity contribution in [1.29, 1.82) is 0 Å². The van der Waals surface area contributed by atoms with Crippen molar-refractivity contribution in [3.05, 3.63) is 29.8 Å². The third-order valence-electron chi connectivity index (χ3n) is 5.97. The zero-order valence-electron chi connectivity index (χ0n) is 14.4. The first-order chi connectivity index (χ1) is 11.8. The van der Waals surface area contributed by atoms with Gasteiger partial charge in [0.05, 0.1) is 0 Å². The van der Waals surface area contributed by atoms with Crippen LogP contribution in [0, 0.1) is 17.8 Å². The molecule has 0 aromatic heterocycles. The standard InChI is InChI=1S/C20H28N2O2/c23-20(19-17-4-3-5-18(17)19)21-14-15-6-8-16(9-7-15)24-13-12-22-10-1-2-11-22/h6-9,17-19H,1-5,10-14H2,(H,21,23)/t17-,18-/m1/s1. The maximum atomic E-state index is 12.2. The fourth-order valence-electron chi connectivity index (χ4n) is 4.52. The van der Waals surface area contributed by atoms with Crippen LogP contribution in [0.1, 0.15) is 37.7 Å². The van der Waals surface area contributed by atoms with Gasteiger partial charge >= 0.3 is 0 Å². The maximum Gasteiger partial charge on any atom is 0.223 e. The lowest BCUT2D eigenvalue weighted by Gasteiger charge is -2.15. The van der Waals surface area contributed by atoms with Gasteiger partial charge in [-0.3, -0.25) is 9.69 Å². The Balaban J connectivity index is 1.17. The zero-order chi connectivity index (χ0) is 16.4. The molecule has 1 aliphatic heterocycles. The Bertz CT molecular complexity index is 556. The van der Waals surface area contributed by atoms with Crippen LogP contribution in [0.5, 0.6) is 5.75 Å². The Morgan fingerprint density at radius 2 is 1.79 bits per heavy atom. The first-order valence-corrected chi connectivity index (χ1v) is 9.53. The first-order valence-electron chi connectivity index (χ1n) is 9.53. The number of amides is 1. The van der Waals surface area contributed by atoms with Crippen LogP contribution >= 0.6 is 0 Å². The van der Waals surface area contributed by atoms with Crippen molar-refractivity contribution in [2.75, 3.05) is 26.2 Å². The van der Waals surface area contributed by atoms with E-state index in [1.807, 2.05) is 12.1 Å². The number of hydrogen-bond donors (Lipinski definition) is 1. The number of fused-ring (bicyclic) bond motifs is 1. The van der Waals surface area contributed by atoms with E-state index >= 15 is 0 Å². The van der Waals surface area contributed by atoms with Gasteiger partial charge in [-0.05, 0) is 68.3 Å². The van der Waals surface area contributed by atoms with Crippen LogP contribution in [-0.2, 0) is 11.3 Å². The van der Waals surface area contributed by atoms with E-state index in [1.165, 1.54) is 45.2 Å². The van der Waals surface area contributed by atoms with Gasteiger partial charge in [0.2, 0.25) is 5.91 Å². The molecule has 24 heavy (non-hydrogen) atoms. The van der Waals surface area contributed by atoms with Crippen LogP contribution < -0.4 is 10.1 Å². The van der Waals surface area contributed by atoms with Crippen molar-refractivity contribution in [3.8, 4) is 5.75 Å². The summed E-state index contributed by atoms with van der Waals surface area (Å²) < 4.78 is 5.82. The number of nitrogens with zero attached hydrogens (tertiary/aromatic N) is 1. The van der Waals surface area contributed by atoms with Crippen LogP contribution in [0.4, 0.5) is 0 Å². The van der Waals surface area contributed by atoms with Crippen molar-refractivity contribution in [1.82, 2.24) is 10.2 Å². The van der Waals surface area contributed by atoms with Gasteiger partial charge in [0.1, 0.15) is 12.4 Å². The van der Waals surface area contributed by atoms with Gasteiger partial charge in [-0.15, -0.1) is 0 Å². The molecular weight excluding hydrogens is 300 g/mol. The summed E-state index contributed by atoms with van der Waals surface area (Å²) in [5.74, 6) is 2.87. The van der Waals surface area contributed by atoms with E-state index in [2.05, 4.69) is 22.3 Å². The predicted octanol–water partition coefficient (Wildman–Crippen LogP) is 2.82. The van der Waals surface area contributed by atoms with Crippen LogP contribution in [-0.4, -0.2) is 37.0 Å². The van der Waals surface area contributed by atoms with Gasteiger partial charge in [-0.2, -0.15) is 0 Å². The molecule has 2 atom stereocenters.